The number of carbonyl (C=O) groups excluding carboxylic acids is 4. The van der Waals surface area contributed by atoms with Crippen LogP contribution in [0.5, 0.6) is 0 Å². The van der Waals surface area contributed by atoms with Gasteiger partial charge in [-0.15, -0.1) is 0 Å². The number of hydrogen-bond acceptors (Lipinski definition) is 13. The van der Waals surface area contributed by atoms with Crippen LogP contribution < -0.4 is 10.6 Å². The number of epoxide rings is 1. The molecule has 3 saturated carbocycles. The van der Waals surface area contributed by atoms with Crippen molar-refractivity contribution in [2.75, 3.05) is 6.61 Å². The molecule has 4 N–H and O–H groups in total. The summed E-state index contributed by atoms with van der Waals surface area (Å²) in [5, 5.41) is 28.5. The van der Waals surface area contributed by atoms with Crippen molar-refractivity contribution in [1.82, 2.24) is 15.7 Å². The Morgan fingerprint density at radius 2 is 1.69 bits per heavy atom. The predicted molar refractivity (Wildman–Crippen MR) is 261 cm³/mol. The fraction of sp³-hybridized carbons (Fsp3) is 0.782. The number of benzene rings is 1. The molecular formula is C55H83N3O12. The fourth-order valence-corrected chi connectivity index (χ4v) is 12.9. The van der Waals surface area contributed by atoms with Gasteiger partial charge >= 0.3 is 11.9 Å². The summed E-state index contributed by atoms with van der Waals surface area (Å²) < 4.78 is 32.0. The van der Waals surface area contributed by atoms with Crippen LogP contribution in [0, 0.1) is 22.7 Å². The van der Waals surface area contributed by atoms with Gasteiger partial charge < -0.3 is 44.5 Å². The molecule has 13 atom stereocenters. The number of hydroxylamine groups is 2. The number of rotatable bonds is 20. The lowest BCUT2D eigenvalue weighted by Crippen LogP contribution is -2.71. The first kappa shape index (κ1) is 52.9. The van der Waals surface area contributed by atoms with Crippen LogP contribution in [-0.4, -0.2) is 117 Å². The smallest absolute Gasteiger partial charge is 0.327 e. The van der Waals surface area contributed by atoms with Crippen LogP contribution in [0.1, 0.15) is 176 Å². The van der Waals surface area contributed by atoms with Crippen molar-refractivity contribution in [3.63, 3.8) is 0 Å². The monoisotopic (exact) mass is 978 g/mol. The van der Waals surface area contributed by atoms with Gasteiger partial charge in [-0.3, -0.25) is 24.0 Å². The van der Waals surface area contributed by atoms with Gasteiger partial charge in [0, 0.05) is 25.7 Å². The molecule has 390 valence electrons. The largest absolute Gasteiger partial charge is 0.460 e. The Morgan fingerprint density at radius 1 is 0.971 bits per heavy atom. The lowest BCUT2D eigenvalue weighted by molar-refractivity contribution is -0.224. The van der Waals surface area contributed by atoms with Crippen LogP contribution in [-0.2, 0) is 54.2 Å². The fourth-order valence-electron chi connectivity index (χ4n) is 12.9. The molecule has 2 bridgehead atoms. The Kier molecular flexibility index (Phi) is 15.7. The third-order valence-corrected chi connectivity index (χ3v) is 16.8. The zero-order valence-electron chi connectivity index (χ0n) is 43.4. The topological polar surface area (TPSA) is 195 Å². The number of allylic oxidation sites excluding steroid dienone is 1. The second-order valence-electron chi connectivity index (χ2n) is 23.8. The van der Waals surface area contributed by atoms with E-state index in [1.54, 1.807) is 25.8 Å². The summed E-state index contributed by atoms with van der Waals surface area (Å²) in [6, 6.07) is 4.66. The van der Waals surface area contributed by atoms with E-state index in [2.05, 4.69) is 63.5 Å². The van der Waals surface area contributed by atoms with E-state index in [-0.39, 0.29) is 36.8 Å². The van der Waals surface area contributed by atoms with E-state index in [0.29, 0.717) is 30.8 Å². The Hall–Kier alpha value is -3.44. The highest BCUT2D eigenvalue weighted by atomic mass is 16.8. The molecule has 70 heavy (non-hydrogen) atoms. The van der Waals surface area contributed by atoms with E-state index in [4.69, 9.17) is 28.5 Å². The summed E-state index contributed by atoms with van der Waals surface area (Å²) in [5.41, 5.74) is 1.33. The maximum Gasteiger partial charge on any atom is 0.327 e. The van der Waals surface area contributed by atoms with Gasteiger partial charge in [0.25, 0.3) is 0 Å². The van der Waals surface area contributed by atoms with Crippen LogP contribution in [0.4, 0.5) is 0 Å². The number of carbonyl (C=O) groups is 4. The van der Waals surface area contributed by atoms with Crippen molar-refractivity contribution in [3.8, 4) is 0 Å². The Bertz CT molecular complexity index is 2090. The lowest BCUT2D eigenvalue weighted by Gasteiger charge is -2.53. The zero-order chi connectivity index (χ0) is 50.4. The summed E-state index contributed by atoms with van der Waals surface area (Å²) in [6.07, 6.45) is 10.3. The van der Waals surface area contributed by atoms with Crippen LogP contribution >= 0.6 is 0 Å². The number of hydrogen-bond donors (Lipinski definition) is 4. The maximum absolute atomic E-state index is 15.4. The number of unbranched alkanes of at least 4 members (excludes halogenated alkanes) is 4. The van der Waals surface area contributed by atoms with E-state index >= 15 is 4.79 Å². The molecule has 8 rings (SSSR count). The Balaban J connectivity index is 1.08. The third-order valence-electron chi connectivity index (χ3n) is 16.8. The molecule has 4 heterocycles. The number of aliphatic hydroxyl groups excluding tert-OH is 2. The number of fused-ring (bicyclic) bond motifs is 6. The van der Waals surface area contributed by atoms with E-state index in [0.717, 1.165) is 81.8 Å². The molecule has 0 radical (unpaired) electrons. The number of amides is 2. The van der Waals surface area contributed by atoms with Gasteiger partial charge in [-0.05, 0) is 114 Å². The number of ether oxygens (including phenoxy) is 5. The van der Waals surface area contributed by atoms with E-state index in [9.17, 15) is 24.6 Å². The first-order chi connectivity index (χ1) is 33.1. The first-order valence-electron chi connectivity index (χ1n) is 26.7. The molecule has 0 aromatic heterocycles. The molecule has 0 spiro atoms. The molecule has 3 aliphatic carbocycles. The lowest BCUT2D eigenvalue weighted by atomic mass is 9.52. The van der Waals surface area contributed by atoms with Crippen LogP contribution in [0.2, 0.25) is 0 Å². The van der Waals surface area contributed by atoms with Crippen molar-refractivity contribution >= 4 is 29.8 Å². The maximum atomic E-state index is 15.4. The number of aliphatic hydroxyl groups is 2. The van der Waals surface area contributed by atoms with Gasteiger partial charge in [-0.1, -0.05) is 89.3 Å². The zero-order valence-corrected chi connectivity index (χ0v) is 43.4. The Labute approximate surface area is 415 Å². The molecule has 1 aromatic rings. The normalized spacial score (nSPS) is 34.5. The average molecular weight is 978 g/mol. The third kappa shape index (κ3) is 10.9. The minimum atomic E-state index is -1.61. The van der Waals surface area contributed by atoms with Gasteiger partial charge in [0.2, 0.25) is 11.8 Å². The molecule has 1 aromatic carbocycles. The number of nitrogens with one attached hydrogen (secondary N) is 2. The van der Waals surface area contributed by atoms with Gasteiger partial charge in [0.05, 0.1) is 37.0 Å². The van der Waals surface area contributed by atoms with Gasteiger partial charge in [0.1, 0.15) is 41.5 Å². The molecule has 15 heteroatoms. The SMILES string of the molecule is CCCCCC1(CCCCC)O[C@@H]2[C@H](O1)[C@H]1ON(Cc3cccc(C=C4CCC5O[C@]5(C)CC[C@@H]5[C@@H]4CC5(C)C)c3)[C@@H]3C(=O)O[C@@H]2C[C@]13C(=O)N[C@@H](C(=O)N[C@H](CO)CCC(=O)OC(C)(C)C)[C@H](C)O. The molecule has 4 saturated heterocycles. The molecule has 2 amide bonds. The summed E-state index contributed by atoms with van der Waals surface area (Å²) in [4.78, 5) is 63.5. The minimum absolute atomic E-state index is 0.00850. The van der Waals surface area contributed by atoms with Crippen molar-refractivity contribution in [1.29, 1.82) is 0 Å². The van der Waals surface area contributed by atoms with Crippen molar-refractivity contribution in [2.24, 2.45) is 22.7 Å². The van der Waals surface area contributed by atoms with Gasteiger partial charge in [0.15, 0.2) is 11.8 Å². The summed E-state index contributed by atoms with van der Waals surface area (Å²) >= 11 is 0. The summed E-state index contributed by atoms with van der Waals surface area (Å²) in [7, 11) is 0. The predicted octanol–water partition coefficient (Wildman–Crippen LogP) is 7.37. The Morgan fingerprint density at radius 3 is 2.34 bits per heavy atom. The summed E-state index contributed by atoms with van der Waals surface area (Å²) in [5.74, 6) is -2.40. The van der Waals surface area contributed by atoms with E-state index < -0.39 is 95.8 Å². The average Bonchev–Trinajstić information content (AvgIpc) is 3.56. The number of esters is 2. The highest BCUT2D eigenvalue weighted by molar-refractivity contribution is 5.96. The van der Waals surface area contributed by atoms with Gasteiger partial charge in [-0.25, -0.2) is 0 Å². The highest BCUT2D eigenvalue weighted by Crippen LogP contribution is 2.61. The molecule has 7 fully saturated rings. The second-order valence-corrected chi connectivity index (χ2v) is 23.8. The first-order valence-corrected chi connectivity index (χ1v) is 26.7. The number of nitrogens with zero attached hydrogens (tertiary/aromatic N) is 1. The van der Waals surface area contributed by atoms with Crippen LogP contribution in [0.25, 0.3) is 6.08 Å². The molecule has 7 aliphatic rings. The summed E-state index contributed by atoms with van der Waals surface area (Å²) in [6.45, 7) is 17.6. The molecule has 4 aliphatic heterocycles. The standard InChI is InChI=1S/C55H83N3O12/c1-10-12-14-24-54(25-15-13-11-2)68-44-40-30-55(50(64)57-43(33(3)60)48(62)56-37(32-59)20-22-42(61)67-51(4,5)6)46(49(63)65-40)58(70-47(55)45(44)69-54)31-35-18-16-17-34(27-35)28-36-19-21-41-53(9,66-41)26-23-39-38(36)29-52(39,7)8/h16-18,27-28,33,37-41,43-47,59-60H,10-15,19-26,29-32H2,1-9H3,(H,56,62)(H,57,64)/t33-,37-,38+,39+,40+,41?,43+,44-,45-,46+,47+,53+,55+/m0/s1. The highest BCUT2D eigenvalue weighted by Gasteiger charge is 2.76. The van der Waals surface area contributed by atoms with Crippen molar-refractivity contribution in [2.45, 2.75) is 243 Å². The van der Waals surface area contributed by atoms with E-state index in [1.807, 2.05) is 12.1 Å². The quantitative estimate of drug-likeness (QED) is 0.0576. The molecule has 15 nitrogen and oxygen atoms in total. The molecule has 1 unspecified atom stereocenters. The second kappa shape index (κ2) is 20.8. The minimum Gasteiger partial charge on any atom is -0.460 e. The van der Waals surface area contributed by atoms with Crippen molar-refractivity contribution in [3.05, 3.63) is 41.0 Å². The van der Waals surface area contributed by atoms with Crippen molar-refractivity contribution < 1.29 is 57.9 Å². The van der Waals surface area contributed by atoms with Crippen LogP contribution in [0.15, 0.2) is 29.8 Å². The van der Waals surface area contributed by atoms with Crippen LogP contribution in [0.3, 0.4) is 0 Å². The molecular weight excluding hydrogens is 895 g/mol. The van der Waals surface area contributed by atoms with E-state index in [1.165, 1.54) is 12.5 Å². The van der Waals surface area contributed by atoms with Gasteiger partial charge in [-0.2, -0.15) is 5.06 Å².